The lowest BCUT2D eigenvalue weighted by atomic mass is 10.1. The predicted molar refractivity (Wildman–Crippen MR) is 75.7 cm³/mol. The Labute approximate surface area is 114 Å². The van der Waals surface area contributed by atoms with Gasteiger partial charge in [0.2, 0.25) is 0 Å². The number of ether oxygens (including phenoxy) is 2. The summed E-state index contributed by atoms with van der Waals surface area (Å²) in [5, 5.41) is 4.02. The summed E-state index contributed by atoms with van der Waals surface area (Å²) in [5.74, 6) is 1.93. The molecule has 1 rings (SSSR count). The van der Waals surface area contributed by atoms with E-state index in [9.17, 15) is 0 Å². The van der Waals surface area contributed by atoms with Gasteiger partial charge in [0.15, 0.2) is 11.5 Å². The summed E-state index contributed by atoms with van der Waals surface area (Å²) in [7, 11) is 3.20. The van der Waals surface area contributed by atoms with Gasteiger partial charge in [0.25, 0.3) is 0 Å². The van der Waals surface area contributed by atoms with Crippen LogP contribution in [0.1, 0.15) is 25.8 Å². The van der Waals surface area contributed by atoms with E-state index in [0.29, 0.717) is 22.4 Å². The van der Waals surface area contributed by atoms with Crippen molar-refractivity contribution in [2.75, 3.05) is 20.8 Å². The summed E-state index contributed by atoms with van der Waals surface area (Å²) >= 11 is 6.30. The van der Waals surface area contributed by atoms with Gasteiger partial charge in [0.05, 0.1) is 19.2 Å². The highest BCUT2D eigenvalue weighted by molar-refractivity contribution is 6.33. The smallest absolute Gasteiger partial charge is 0.179 e. The number of hydrogen-bond donors (Lipinski definition) is 1. The normalized spacial score (nSPS) is 12.3. The van der Waals surface area contributed by atoms with E-state index in [2.05, 4.69) is 19.2 Å². The molecule has 0 heterocycles. The summed E-state index contributed by atoms with van der Waals surface area (Å²) in [6, 6.07) is 3.85. The quantitative estimate of drug-likeness (QED) is 0.823. The van der Waals surface area contributed by atoms with E-state index in [-0.39, 0.29) is 0 Å². The third kappa shape index (κ3) is 3.79. The maximum Gasteiger partial charge on any atom is 0.179 e. The highest BCUT2D eigenvalue weighted by Crippen LogP contribution is 2.37. The summed E-state index contributed by atoms with van der Waals surface area (Å²) in [5.41, 5.74) is 1.03. The number of methoxy groups -OCH3 is 2. The second-order valence-corrected chi connectivity index (χ2v) is 4.80. The van der Waals surface area contributed by atoms with Crippen molar-refractivity contribution in [3.63, 3.8) is 0 Å². The van der Waals surface area contributed by atoms with E-state index in [1.165, 1.54) is 6.42 Å². The molecule has 4 heteroatoms. The van der Waals surface area contributed by atoms with Crippen molar-refractivity contribution in [2.24, 2.45) is 5.92 Å². The largest absolute Gasteiger partial charge is 0.493 e. The predicted octanol–water partition coefficient (Wildman–Crippen LogP) is 3.49. The zero-order chi connectivity index (χ0) is 13.5. The standard InChI is InChI=1S/C14H22ClNO2/c1-5-10(2)8-16-9-11-6-7-12(17-3)14(18-4)13(11)15/h6-7,10,16H,5,8-9H2,1-4H3. The first kappa shape index (κ1) is 15.1. The van der Waals surface area contributed by atoms with Crippen molar-refractivity contribution < 1.29 is 9.47 Å². The Hall–Kier alpha value is -0.930. The molecule has 1 aromatic rings. The number of nitrogens with one attached hydrogen (secondary N) is 1. The second-order valence-electron chi connectivity index (χ2n) is 4.42. The Balaban J connectivity index is 2.72. The third-order valence-corrected chi connectivity index (χ3v) is 3.48. The third-order valence-electron chi connectivity index (χ3n) is 3.07. The topological polar surface area (TPSA) is 30.5 Å². The summed E-state index contributed by atoms with van der Waals surface area (Å²) in [6.07, 6.45) is 1.17. The Morgan fingerprint density at radius 2 is 2.00 bits per heavy atom. The molecule has 0 fully saturated rings. The van der Waals surface area contributed by atoms with Crippen LogP contribution in [0.5, 0.6) is 11.5 Å². The highest BCUT2D eigenvalue weighted by atomic mass is 35.5. The number of halogens is 1. The average molecular weight is 272 g/mol. The van der Waals surface area contributed by atoms with Gasteiger partial charge in [-0.2, -0.15) is 0 Å². The van der Waals surface area contributed by atoms with Gasteiger partial charge in [-0.05, 0) is 24.1 Å². The fourth-order valence-corrected chi connectivity index (χ4v) is 1.96. The molecule has 1 unspecified atom stereocenters. The Morgan fingerprint density at radius 3 is 2.56 bits per heavy atom. The SMILES string of the molecule is CCC(C)CNCc1ccc(OC)c(OC)c1Cl. The number of rotatable bonds is 7. The van der Waals surface area contributed by atoms with Crippen LogP contribution in [0, 0.1) is 5.92 Å². The minimum Gasteiger partial charge on any atom is -0.493 e. The van der Waals surface area contributed by atoms with E-state index in [4.69, 9.17) is 21.1 Å². The molecule has 18 heavy (non-hydrogen) atoms. The zero-order valence-corrected chi connectivity index (χ0v) is 12.3. The van der Waals surface area contributed by atoms with E-state index in [1.807, 2.05) is 12.1 Å². The lowest BCUT2D eigenvalue weighted by Gasteiger charge is -2.14. The molecule has 0 aliphatic rings. The van der Waals surface area contributed by atoms with Gasteiger partial charge < -0.3 is 14.8 Å². The minimum absolute atomic E-state index is 0.599. The molecule has 1 atom stereocenters. The van der Waals surface area contributed by atoms with Crippen molar-refractivity contribution in [3.8, 4) is 11.5 Å². The number of benzene rings is 1. The van der Waals surface area contributed by atoms with Crippen LogP contribution in [0.2, 0.25) is 5.02 Å². The van der Waals surface area contributed by atoms with Gasteiger partial charge in [-0.1, -0.05) is 37.9 Å². The number of hydrogen-bond acceptors (Lipinski definition) is 3. The van der Waals surface area contributed by atoms with Crippen LogP contribution in [0.25, 0.3) is 0 Å². The second kappa shape index (κ2) is 7.49. The van der Waals surface area contributed by atoms with Crippen LogP contribution >= 0.6 is 11.6 Å². The van der Waals surface area contributed by atoms with Crippen LogP contribution in [0.4, 0.5) is 0 Å². The molecule has 0 saturated heterocycles. The van der Waals surface area contributed by atoms with Crippen molar-refractivity contribution >= 4 is 11.6 Å². The van der Waals surface area contributed by atoms with E-state index < -0.39 is 0 Å². The molecule has 1 N–H and O–H groups in total. The molecule has 0 saturated carbocycles. The van der Waals surface area contributed by atoms with E-state index in [0.717, 1.165) is 18.7 Å². The van der Waals surface area contributed by atoms with Crippen molar-refractivity contribution in [3.05, 3.63) is 22.7 Å². The zero-order valence-electron chi connectivity index (χ0n) is 11.5. The summed E-state index contributed by atoms with van der Waals surface area (Å²) in [4.78, 5) is 0. The van der Waals surface area contributed by atoms with Crippen LogP contribution < -0.4 is 14.8 Å². The summed E-state index contributed by atoms with van der Waals surface area (Å²) < 4.78 is 10.5. The van der Waals surface area contributed by atoms with Crippen molar-refractivity contribution in [1.29, 1.82) is 0 Å². The first-order chi connectivity index (χ1) is 8.63. The Bertz CT molecular complexity index is 382. The molecule has 0 amide bonds. The molecule has 0 radical (unpaired) electrons. The molecule has 3 nitrogen and oxygen atoms in total. The van der Waals surface area contributed by atoms with Gasteiger partial charge in [0.1, 0.15) is 0 Å². The monoisotopic (exact) mass is 271 g/mol. The molecule has 0 bridgehead atoms. The van der Waals surface area contributed by atoms with Crippen LogP contribution in [-0.4, -0.2) is 20.8 Å². The maximum atomic E-state index is 6.30. The molecule has 0 aliphatic carbocycles. The van der Waals surface area contributed by atoms with E-state index >= 15 is 0 Å². The molecular formula is C14H22ClNO2. The molecule has 102 valence electrons. The lowest BCUT2D eigenvalue weighted by molar-refractivity contribution is 0.354. The van der Waals surface area contributed by atoms with Gasteiger partial charge in [-0.3, -0.25) is 0 Å². The van der Waals surface area contributed by atoms with Gasteiger partial charge >= 0.3 is 0 Å². The fourth-order valence-electron chi connectivity index (χ4n) is 1.66. The highest BCUT2D eigenvalue weighted by Gasteiger charge is 2.12. The molecule has 1 aromatic carbocycles. The first-order valence-electron chi connectivity index (χ1n) is 6.24. The van der Waals surface area contributed by atoms with Gasteiger partial charge in [-0.25, -0.2) is 0 Å². The van der Waals surface area contributed by atoms with Crippen molar-refractivity contribution in [1.82, 2.24) is 5.32 Å². The van der Waals surface area contributed by atoms with Crippen molar-refractivity contribution in [2.45, 2.75) is 26.8 Å². The van der Waals surface area contributed by atoms with Gasteiger partial charge in [-0.15, -0.1) is 0 Å². The fraction of sp³-hybridized carbons (Fsp3) is 0.571. The first-order valence-corrected chi connectivity index (χ1v) is 6.61. The van der Waals surface area contributed by atoms with Crippen LogP contribution in [0.3, 0.4) is 0 Å². The Morgan fingerprint density at radius 1 is 1.28 bits per heavy atom. The van der Waals surface area contributed by atoms with E-state index in [1.54, 1.807) is 14.2 Å². The summed E-state index contributed by atoms with van der Waals surface area (Å²) in [6.45, 7) is 6.14. The lowest BCUT2D eigenvalue weighted by Crippen LogP contribution is -2.20. The minimum atomic E-state index is 0.599. The molecule has 0 spiro atoms. The maximum absolute atomic E-state index is 6.30. The molecule has 0 aliphatic heterocycles. The molecular weight excluding hydrogens is 250 g/mol. The molecule has 0 aromatic heterocycles. The van der Waals surface area contributed by atoms with Gasteiger partial charge in [0, 0.05) is 6.54 Å². The Kier molecular flexibility index (Phi) is 6.30. The van der Waals surface area contributed by atoms with Crippen LogP contribution in [0.15, 0.2) is 12.1 Å². The average Bonchev–Trinajstić information content (AvgIpc) is 2.39. The van der Waals surface area contributed by atoms with Crippen LogP contribution in [-0.2, 0) is 6.54 Å².